The molecule has 0 spiro atoms. The van der Waals surface area contributed by atoms with Crippen LogP contribution in [0.1, 0.15) is 34.6 Å². The largest absolute Gasteiger partial charge is 0.467 e. The second kappa shape index (κ2) is 7.70. The van der Waals surface area contributed by atoms with E-state index < -0.39 is 5.97 Å². The van der Waals surface area contributed by atoms with Gasteiger partial charge in [0.25, 0.3) is 0 Å². The molecule has 1 N–H and O–H groups in total. The number of nitrogens with one attached hydrogen (secondary N) is 1. The summed E-state index contributed by atoms with van der Waals surface area (Å²) in [5.74, 6) is 1.67. The highest BCUT2D eigenvalue weighted by Gasteiger charge is 2.22. The zero-order chi connectivity index (χ0) is 17.6. The maximum Gasteiger partial charge on any atom is 0.358 e. The molecule has 0 aliphatic carbocycles. The van der Waals surface area contributed by atoms with E-state index in [2.05, 4.69) is 10.3 Å². The molecule has 0 aliphatic heterocycles. The third-order valence-corrected chi connectivity index (χ3v) is 3.87. The van der Waals surface area contributed by atoms with Crippen LogP contribution in [0.2, 0.25) is 0 Å². The van der Waals surface area contributed by atoms with Gasteiger partial charge in [-0.3, -0.25) is 0 Å². The molecule has 3 rings (SSSR count). The Bertz CT molecular complexity index is 823. The molecule has 0 aliphatic rings. The molecule has 0 fully saturated rings. The van der Waals surface area contributed by atoms with Crippen LogP contribution in [-0.4, -0.2) is 22.1 Å². The van der Waals surface area contributed by atoms with Crippen LogP contribution in [0.4, 0.5) is 5.82 Å². The van der Waals surface area contributed by atoms with Gasteiger partial charge >= 0.3 is 5.97 Å². The monoisotopic (exact) mass is 339 g/mol. The van der Waals surface area contributed by atoms with Crippen molar-refractivity contribution in [3.63, 3.8) is 0 Å². The fraction of sp³-hybridized carbons (Fsp3) is 0.263. The molecular formula is C19H21N3O3. The lowest BCUT2D eigenvalue weighted by Gasteiger charge is -2.07. The molecule has 0 saturated carbocycles. The van der Waals surface area contributed by atoms with Gasteiger partial charge in [-0.25, -0.2) is 9.78 Å². The zero-order valence-corrected chi connectivity index (χ0v) is 14.4. The third-order valence-electron chi connectivity index (χ3n) is 3.87. The maximum atomic E-state index is 12.4. The minimum Gasteiger partial charge on any atom is -0.467 e. The Balaban J connectivity index is 1.88. The Morgan fingerprint density at radius 3 is 2.72 bits per heavy atom. The van der Waals surface area contributed by atoms with Crippen LogP contribution in [0.5, 0.6) is 0 Å². The van der Waals surface area contributed by atoms with Crippen LogP contribution in [0, 0.1) is 0 Å². The molecule has 0 atom stereocenters. The average Bonchev–Trinajstić information content (AvgIpc) is 3.23. The summed E-state index contributed by atoms with van der Waals surface area (Å²) in [7, 11) is 1.83. The Morgan fingerprint density at radius 1 is 1.24 bits per heavy atom. The van der Waals surface area contributed by atoms with Gasteiger partial charge in [-0.05, 0) is 24.6 Å². The molecule has 1 aromatic carbocycles. The first kappa shape index (κ1) is 16.8. The van der Waals surface area contributed by atoms with E-state index in [-0.39, 0.29) is 0 Å². The van der Waals surface area contributed by atoms with Gasteiger partial charge in [-0.2, -0.15) is 0 Å². The number of anilines is 1. The summed E-state index contributed by atoms with van der Waals surface area (Å²) in [5, 5.41) is 3.18. The molecule has 0 radical (unpaired) electrons. The van der Waals surface area contributed by atoms with E-state index in [4.69, 9.17) is 9.15 Å². The van der Waals surface area contributed by atoms with E-state index in [1.165, 1.54) is 0 Å². The second-order valence-corrected chi connectivity index (χ2v) is 5.60. The standard InChI is InChI=1S/C19H21N3O3/c1-3-24-19(23)17-18(20-13-15-10-7-11-25-15)21-16(22(17)2)12-14-8-5-4-6-9-14/h4-11,20H,3,12-13H2,1-2H3. The number of nitrogens with zero attached hydrogens (tertiary/aromatic N) is 2. The van der Waals surface area contributed by atoms with Crippen molar-refractivity contribution >= 4 is 11.8 Å². The molecule has 6 nitrogen and oxygen atoms in total. The van der Waals surface area contributed by atoms with Crippen LogP contribution in [-0.2, 0) is 24.8 Å². The van der Waals surface area contributed by atoms with Crippen LogP contribution >= 0.6 is 0 Å². The van der Waals surface area contributed by atoms with Crippen molar-refractivity contribution in [1.29, 1.82) is 0 Å². The van der Waals surface area contributed by atoms with Crippen molar-refractivity contribution in [2.24, 2.45) is 7.05 Å². The smallest absolute Gasteiger partial charge is 0.358 e. The van der Waals surface area contributed by atoms with Crippen molar-refractivity contribution in [1.82, 2.24) is 9.55 Å². The van der Waals surface area contributed by atoms with Crippen LogP contribution < -0.4 is 5.32 Å². The van der Waals surface area contributed by atoms with E-state index in [0.29, 0.717) is 31.1 Å². The summed E-state index contributed by atoms with van der Waals surface area (Å²) in [6.07, 6.45) is 2.24. The predicted octanol–water partition coefficient (Wildman–Crippen LogP) is 3.39. The number of rotatable bonds is 7. The molecule has 0 saturated heterocycles. The van der Waals surface area contributed by atoms with Gasteiger partial charge in [-0.1, -0.05) is 30.3 Å². The molecule has 2 aromatic heterocycles. The first-order chi connectivity index (χ1) is 12.2. The Morgan fingerprint density at radius 2 is 2.04 bits per heavy atom. The van der Waals surface area contributed by atoms with Crippen LogP contribution in [0.3, 0.4) is 0 Å². The number of furan rings is 1. The molecule has 0 amide bonds. The summed E-state index contributed by atoms with van der Waals surface area (Å²) in [5.41, 5.74) is 1.54. The molecule has 25 heavy (non-hydrogen) atoms. The number of hydrogen-bond donors (Lipinski definition) is 1. The first-order valence-electron chi connectivity index (χ1n) is 8.22. The number of carbonyl (C=O) groups excluding carboxylic acids is 1. The summed E-state index contributed by atoms with van der Waals surface area (Å²) in [6.45, 7) is 2.55. The van der Waals surface area contributed by atoms with Crippen molar-refractivity contribution < 1.29 is 13.9 Å². The van der Waals surface area contributed by atoms with Gasteiger partial charge in [0, 0.05) is 13.5 Å². The van der Waals surface area contributed by atoms with Gasteiger partial charge < -0.3 is 19.0 Å². The number of aromatic nitrogens is 2. The second-order valence-electron chi connectivity index (χ2n) is 5.60. The highest BCUT2D eigenvalue weighted by atomic mass is 16.5. The quantitative estimate of drug-likeness (QED) is 0.668. The fourth-order valence-electron chi connectivity index (χ4n) is 2.62. The minimum absolute atomic E-state index is 0.315. The van der Waals surface area contributed by atoms with Crippen LogP contribution in [0.15, 0.2) is 53.1 Å². The molecule has 3 aromatic rings. The average molecular weight is 339 g/mol. The number of carbonyl (C=O) groups is 1. The summed E-state index contributed by atoms with van der Waals surface area (Å²) in [4.78, 5) is 17.0. The molecule has 2 heterocycles. The predicted molar refractivity (Wildman–Crippen MR) is 94.4 cm³/mol. The SMILES string of the molecule is CCOC(=O)c1c(NCc2ccco2)nc(Cc2ccccc2)n1C. The van der Waals surface area contributed by atoms with Crippen molar-refractivity contribution in [3.05, 3.63) is 71.6 Å². The Labute approximate surface area is 146 Å². The van der Waals surface area contributed by atoms with E-state index >= 15 is 0 Å². The first-order valence-corrected chi connectivity index (χ1v) is 8.22. The summed E-state index contributed by atoms with van der Waals surface area (Å²) < 4.78 is 12.3. The van der Waals surface area contributed by atoms with Gasteiger partial charge in [0.2, 0.25) is 0 Å². The number of ether oxygens (including phenoxy) is 1. The lowest BCUT2D eigenvalue weighted by molar-refractivity contribution is 0.0516. The normalized spacial score (nSPS) is 10.6. The van der Waals surface area contributed by atoms with Crippen molar-refractivity contribution in [2.75, 3.05) is 11.9 Å². The van der Waals surface area contributed by atoms with Gasteiger partial charge in [-0.15, -0.1) is 0 Å². The van der Waals surface area contributed by atoms with E-state index in [9.17, 15) is 4.79 Å². The maximum absolute atomic E-state index is 12.4. The number of esters is 1. The lowest BCUT2D eigenvalue weighted by Crippen LogP contribution is -2.14. The van der Waals surface area contributed by atoms with Crippen LogP contribution in [0.25, 0.3) is 0 Å². The van der Waals surface area contributed by atoms with E-state index in [1.807, 2.05) is 49.5 Å². The number of benzene rings is 1. The van der Waals surface area contributed by atoms with E-state index in [1.54, 1.807) is 17.8 Å². The molecular weight excluding hydrogens is 318 g/mol. The number of hydrogen-bond acceptors (Lipinski definition) is 5. The summed E-state index contributed by atoms with van der Waals surface area (Å²) in [6, 6.07) is 13.7. The molecule has 0 unspecified atom stereocenters. The lowest BCUT2D eigenvalue weighted by atomic mass is 10.1. The Hall–Kier alpha value is -3.02. The highest BCUT2D eigenvalue weighted by molar-refractivity contribution is 5.93. The minimum atomic E-state index is -0.390. The highest BCUT2D eigenvalue weighted by Crippen LogP contribution is 2.20. The molecule has 130 valence electrons. The number of imidazole rings is 1. The zero-order valence-electron chi connectivity index (χ0n) is 14.4. The molecule has 6 heteroatoms. The molecule has 0 bridgehead atoms. The van der Waals surface area contributed by atoms with Gasteiger partial charge in [0.1, 0.15) is 11.6 Å². The van der Waals surface area contributed by atoms with Crippen molar-refractivity contribution in [2.45, 2.75) is 19.9 Å². The fourth-order valence-corrected chi connectivity index (χ4v) is 2.62. The Kier molecular flexibility index (Phi) is 5.18. The topological polar surface area (TPSA) is 69.3 Å². The summed E-state index contributed by atoms with van der Waals surface area (Å²) >= 11 is 0. The third kappa shape index (κ3) is 3.91. The van der Waals surface area contributed by atoms with E-state index in [0.717, 1.165) is 17.1 Å². The van der Waals surface area contributed by atoms with Crippen molar-refractivity contribution in [3.8, 4) is 0 Å². The van der Waals surface area contributed by atoms with Gasteiger partial charge in [0.05, 0.1) is 19.4 Å². The van der Waals surface area contributed by atoms with Gasteiger partial charge in [0.15, 0.2) is 11.5 Å².